The molecule has 3 heterocycles. The van der Waals surface area contributed by atoms with Gasteiger partial charge in [0.2, 0.25) is 5.13 Å². The van der Waals surface area contributed by atoms with Gasteiger partial charge in [-0.25, -0.2) is 9.98 Å². The lowest BCUT2D eigenvalue weighted by Crippen LogP contribution is -1.88. The second kappa shape index (κ2) is 5.09. The Morgan fingerprint density at radius 1 is 1.22 bits per heavy atom. The molecule has 0 unspecified atom stereocenters. The minimum Gasteiger partial charge on any atom is -0.264 e. The molecule has 0 aliphatic carbocycles. The summed E-state index contributed by atoms with van der Waals surface area (Å²) in [6.07, 6.45) is 5.50. The highest BCUT2D eigenvalue weighted by Gasteiger charge is 2.01. The Balaban J connectivity index is 1.97. The van der Waals surface area contributed by atoms with E-state index in [0.29, 0.717) is 0 Å². The first-order valence-electron chi connectivity index (χ1n) is 5.29. The molecular formula is C12H9N3S3. The largest absolute Gasteiger partial charge is 0.264 e. The number of aryl methyl sites for hydroxylation is 1. The van der Waals surface area contributed by atoms with Crippen molar-refractivity contribution in [3.05, 3.63) is 46.3 Å². The van der Waals surface area contributed by atoms with Crippen molar-refractivity contribution in [2.24, 2.45) is 4.99 Å². The van der Waals surface area contributed by atoms with Gasteiger partial charge in [0.15, 0.2) is 0 Å². The van der Waals surface area contributed by atoms with Crippen LogP contribution < -0.4 is 4.67 Å². The topological polar surface area (TPSA) is 38.1 Å². The molecule has 0 aliphatic heterocycles. The maximum absolute atomic E-state index is 4.52. The van der Waals surface area contributed by atoms with Gasteiger partial charge in [0.1, 0.15) is 4.67 Å². The smallest absolute Gasteiger partial charge is 0.210 e. The van der Waals surface area contributed by atoms with E-state index in [0.717, 1.165) is 15.4 Å². The highest BCUT2D eigenvalue weighted by atomic mass is 32.9. The third kappa shape index (κ3) is 2.55. The Hall–Kier alpha value is -1.37. The SMILES string of the molecule is Cc1cnc(/N=c2\cc(-c3cccnc3)ss2)s1. The molecule has 6 heteroatoms. The van der Waals surface area contributed by atoms with E-state index in [1.807, 2.05) is 25.4 Å². The molecule has 0 amide bonds. The van der Waals surface area contributed by atoms with Crippen molar-refractivity contribution in [2.45, 2.75) is 6.92 Å². The molecule has 0 radical (unpaired) electrons. The van der Waals surface area contributed by atoms with E-state index < -0.39 is 0 Å². The van der Waals surface area contributed by atoms with Crippen molar-refractivity contribution in [3.63, 3.8) is 0 Å². The van der Waals surface area contributed by atoms with Crippen LogP contribution in [0.2, 0.25) is 0 Å². The van der Waals surface area contributed by atoms with Gasteiger partial charge in [-0.05, 0) is 19.1 Å². The fourth-order valence-corrected chi connectivity index (χ4v) is 4.26. The van der Waals surface area contributed by atoms with Crippen LogP contribution in [0.15, 0.2) is 41.8 Å². The van der Waals surface area contributed by atoms with Gasteiger partial charge in [-0.3, -0.25) is 4.98 Å². The van der Waals surface area contributed by atoms with Crippen LogP contribution in [0.3, 0.4) is 0 Å². The summed E-state index contributed by atoms with van der Waals surface area (Å²) in [5.41, 5.74) is 1.13. The van der Waals surface area contributed by atoms with E-state index in [2.05, 4.69) is 27.1 Å². The normalized spacial score (nSPS) is 11.9. The lowest BCUT2D eigenvalue weighted by Gasteiger charge is -1.91. The Bertz CT molecular complexity index is 709. The Kier molecular flexibility index (Phi) is 3.31. The minimum atomic E-state index is 0.819. The maximum Gasteiger partial charge on any atom is 0.210 e. The molecule has 3 aromatic heterocycles. The van der Waals surface area contributed by atoms with Gasteiger partial charge in [-0.2, -0.15) is 0 Å². The van der Waals surface area contributed by atoms with Crippen LogP contribution in [-0.4, -0.2) is 9.97 Å². The first kappa shape index (κ1) is 11.7. The highest BCUT2D eigenvalue weighted by molar-refractivity contribution is 7.69. The van der Waals surface area contributed by atoms with Crippen molar-refractivity contribution in [3.8, 4) is 10.4 Å². The standard InChI is InChI=1S/C12H9N3S3/c1-8-6-14-12(16-8)15-11-5-10(17-18-11)9-3-2-4-13-7-9/h2-7H,1H3/b15-11+. The van der Waals surface area contributed by atoms with Crippen molar-refractivity contribution >= 4 is 37.1 Å². The molecule has 0 N–H and O–H groups in total. The van der Waals surface area contributed by atoms with Gasteiger partial charge in [-0.1, -0.05) is 26.7 Å². The van der Waals surface area contributed by atoms with Gasteiger partial charge < -0.3 is 0 Å². The Morgan fingerprint density at radius 2 is 2.17 bits per heavy atom. The van der Waals surface area contributed by atoms with Crippen LogP contribution in [0.4, 0.5) is 5.13 Å². The minimum absolute atomic E-state index is 0.819. The van der Waals surface area contributed by atoms with Crippen molar-refractivity contribution in [1.82, 2.24) is 9.97 Å². The number of aromatic nitrogens is 2. The van der Waals surface area contributed by atoms with Crippen LogP contribution >= 0.6 is 32.0 Å². The van der Waals surface area contributed by atoms with E-state index in [1.165, 1.54) is 9.75 Å². The Labute approximate surface area is 116 Å². The molecular weight excluding hydrogens is 282 g/mol. The first-order valence-corrected chi connectivity index (χ1v) is 8.25. The van der Waals surface area contributed by atoms with Gasteiger partial charge >= 0.3 is 0 Å². The van der Waals surface area contributed by atoms with Gasteiger partial charge in [0, 0.05) is 33.9 Å². The van der Waals surface area contributed by atoms with Crippen LogP contribution in [0, 0.1) is 6.92 Å². The zero-order valence-corrected chi connectivity index (χ0v) is 12.0. The summed E-state index contributed by atoms with van der Waals surface area (Å²) < 4.78 is 0.994. The molecule has 0 fully saturated rings. The lowest BCUT2D eigenvalue weighted by atomic mass is 10.2. The van der Waals surface area contributed by atoms with Gasteiger partial charge in [0.05, 0.1) is 0 Å². The van der Waals surface area contributed by atoms with E-state index in [4.69, 9.17) is 0 Å². The second-order valence-corrected chi connectivity index (χ2v) is 7.03. The van der Waals surface area contributed by atoms with Crippen LogP contribution in [0.5, 0.6) is 0 Å². The molecule has 0 spiro atoms. The zero-order valence-electron chi connectivity index (χ0n) is 9.53. The molecule has 0 atom stereocenters. The summed E-state index contributed by atoms with van der Waals surface area (Å²) in [6.45, 7) is 2.04. The first-order chi connectivity index (χ1) is 8.81. The summed E-state index contributed by atoms with van der Waals surface area (Å²) in [4.78, 5) is 15.3. The average Bonchev–Trinajstić information content (AvgIpc) is 3.01. The fraction of sp³-hybridized carbons (Fsp3) is 0.0833. The summed E-state index contributed by atoms with van der Waals surface area (Å²) in [6, 6.07) is 6.09. The zero-order chi connectivity index (χ0) is 12.4. The number of rotatable bonds is 2. The predicted molar refractivity (Wildman–Crippen MR) is 77.5 cm³/mol. The van der Waals surface area contributed by atoms with Gasteiger partial charge in [0.25, 0.3) is 0 Å². The number of nitrogens with zero attached hydrogens (tertiary/aromatic N) is 3. The quantitative estimate of drug-likeness (QED) is 0.672. The number of pyridine rings is 1. The number of hydrogen-bond acceptors (Lipinski definition) is 6. The van der Waals surface area contributed by atoms with Crippen LogP contribution in [0.25, 0.3) is 10.4 Å². The summed E-state index contributed by atoms with van der Waals surface area (Å²) in [7, 11) is 3.38. The van der Waals surface area contributed by atoms with E-state index >= 15 is 0 Å². The fourth-order valence-electron chi connectivity index (χ4n) is 1.43. The summed E-state index contributed by atoms with van der Waals surface area (Å²) in [5.74, 6) is 0. The third-order valence-corrected chi connectivity index (χ3v) is 5.34. The molecule has 0 saturated heterocycles. The van der Waals surface area contributed by atoms with Crippen molar-refractivity contribution < 1.29 is 0 Å². The number of thiazole rings is 1. The monoisotopic (exact) mass is 291 g/mol. The lowest BCUT2D eigenvalue weighted by molar-refractivity contribution is 1.30. The highest BCUT2D eigenvalue weighted by Crippen LogP contribution is 2.25. The molecule has 0 aliphatic rings. The summed E-state index contributed by atoms with van der Waals surface area (Å²) in [5, 5.41) is 0.819. The predicted octanol–water partition coefficient (Wildman–Crippen LogP) is 3.87. The number of hydrogen-bond donors (Lipinski definition) is 0. The Morgan fingerprint density at radius 3 is 2.89 bits per heavy atom. The van der Waals surface area contributed by atoms with E-state index in [9.17, 15) is 0 Å². The van der Waals surface area contributed by atoms with Crippen LogP contribution in [-0.2, 0) is 0 Å². The maximum atomic E-state index is 4.52. The molecule has 0 aromatic carbocycles. The molecule has 3 rings (SSSR count). The van der Waals surface area contributed by atoms with E-state index in [-0.39, 0.29) is 0 Å². The molecule has 0 bridgehead atoms. The molecule has 0 saturated carbocycles. The van der Waals surface area contributed by atoms with Crippen LogP contribution in [0.1, 0.15) is 4.88 Å². The van der Waals surface area contributed by atoms with Crippen molar-refractivity contribution in [1.29, 1.82) is 0 Å². The van der Waals surface area contributed by atoms with Crippen molar-refractivity contribution in [2.75, 3.05) is 0 Å². The second-order valence-electron chi connectivity index (χ2n) is 3.62. The molecule has 3 aromatic rings. The molecule has 18 heavy (non-hydrogen) atoms. The van der Waals surface area contributed by atoms with Gasteiger partial charge in [-0.15, -0.1) is 11.3 Å². The molecule has 90 valence electrons. The third-order valence-electron chi connectivity index (χ3n) is 2.23. The van der Waals surface area contributed by atoms with E-state index in [1.54, 1.807) is 38.2 Å². The molecule has 3 nitrogen and oxygen atoms in total. The summed E-state index contributed by atoms with van der Waals surface area (Å²) >= 11 is 1.61. The average molecular weight is 291 g/mol.